The summed E-state index contributed by atoms with van der Waals surface area (Å²) in [5.41, 5.74) is 4.90. The van der Waals surface area contributed by atoms with E-state index in [1.54, 1.807) is 7.11 Å². The minimum Gasteiger partial charge on any atom is -0.494 e. The summed E-state index contributed by atoms with van der Waals surface area (Å²) >= 11 is 0. The van der Waals surface area contributed by atoms with Crippen molar-refractivity contribution in [1.82, 2.24) is 9.97 Å². The second-order valence-corrected chi connectivity index (χ2v) is 6.11. The fraction of sp³-hybridized carbons (Fsp3) is 0.350. The maximum absolute atomic E-state index is 12.1. The Labute approximate surface area is 147 Å². The average Bonchev–Trinajstić information content (AvgIpc) is 3.35. The van der Waals surface area contributed by atoms with Gasteiger partial charge in [-0.05, 0) is 49.6 Å². The Morgan fingerprint density at radius 1 is 1.16 bits per heavy atom. The Hall–Kier alpha value is -2.56. The number of allylic oxidation sites excluding steroid dienone is 2. The van der Waals surface area contributed by atoms with E-state index in [2.05, 4.69) is 21.0 Å². The SMILES string of the molecule is COc1cc(-c2ccc[nH]2)[nH]c1/C=C1/C=CC(CCCCCCF)=N1. The van der Waals surface area contributed by atoms with Crippen molar-refractivity contribution in [2.24, 2.45) is 4.99 Å². The van der Waals surface area contributed by atoms with Gasteiger partial charge in [0.15, 0.2) is 0 Å². The van der Waals surface area contributed by atoms with Gasteiger partial charge in [-0.15, -0.1) is 0 Å². The van der Waals surface area contributed by atoms with E-state index in [1.807, 2.05) is 36.5 Å². The number of ether oxygens (including phenoxy) is 1. The van der Waals surface area contributed by atoms with Gasteiger partial charge in [0.1, 0.15) is 5.75 Å². The van der Waals surface area contributed by atoms with E-state index < -0.39 is 0 Å². The van der Waals surface area contributed by atoms with Crippen LogP contribution in [0.15, 0.2) is 47.2 Å². The number of nitrogens with zero attached hydrogens (tertiary/aromatic N) is 1. The molecule has 0 amide bonds. The second kappa shape index (κ2) is 8.51. The molecule has 0 fully saturated rings. The maximum Gasteiger partial charge on any atom is 0.144 e. The molecule has 25 heavy (non-hydrogen) atoms. The molecule has 1 aliphatic heterocycles. The standard InChI is InChI=1S/C20H24FN3O/c1-25-20-14-18(17-8-6-12-22-17)24-19(20)13-16-10-9-15(23-16)7-4-2-3-5-11-21/h6,8-10,12-14,22,24H,2-5,7,11H2,1H3/b16-13-. The van der Waals surface area contributed by atoms with Crippen LogP contribution in [0.2, 0.25) is 0 Å². The number of aliphatic imine (C=N–C) groups is 1. The van der Waals surface area contributed by atoms with E-state index in [0.29, 0.717) is 6.42 Å². The highest BCUT2D eigenvalue weighted by atomic mass is 19.1. The van der Waals surface area contributed by atoms with E-state index in [0.717, 1.165) is 59.9 Å². The Balaban J connectivity index is 1.66. The maximum atomic E-state index is 12.1. The highest BCUT2D eigenvalue weighted by molar-refractivity contribution is 5.99. The molecule has 1 aliphatic rings. The Morgan fingerprint density at radius 2 is 2.04 bits per heavy atom. The van der Waals surface area contributed by atoms with Crippen molar-refractivity contribution >= 4 is 11.8 Å². The molecule has 2 N–H and O–H groups in total. The van der Waals surface area contributed by atoms with Crippen molar-refractivity contribution in [3.63, 3.8) is 0 Å². The number of halogens is 1. The van der Waals surface area contributed by atoms with Crippen LogP contribution in [0.3, 0.4) is 0 Å². The number of nitrogens with one attached hydrogen (secondary N) is 2. The third kappa shape index (κ3) is 4.50. The first-order valence-corrected chi connectivity index (χ1v) is 8.74. The normalized spacial score (nSPS) is 15.1. The van der Waals surface area contributed by atoms with Gasteiger partial charge in [-0.1, -0.05) is 12.8 Å². The van der Waals surface area contributed by atoms with Gasteiger partial charge in [0.2, 0.25) is 0 Å². The molecular weight excluding hydrogens is 317 g/mol. The number of methoxy groups -OCH3 is 1. The lowest BCUT2D eigenvalue weighted by Gasteiger charge is -1.99. The summed E-state index contributed by atoms with van der Waals surface area (Å²) in [4.78, 5) is 11.2. The Morgan fingerprint density at radius 3 is 2.80 bits per heavy atom. The van der Waals surface area contributed by atoms with Gasteiger partial charge in [0, 0.05) is 18.0 Å². The minimum absolute atomic E-state index is 0.212. The molecule has 0 bridgehead atoms. The molecule has 3 heterocycles. The minimum atomic E-state index is -0.212. The van der Waals surface area contributed by atoms with Crippen LogP contribution in [0, 0.1) is 0 Å². The highest BCUT2D eigenvalue weighted by Gasteiger charge is 2.11. The number of aromatic amines is 2. The molecule has 0 saturated carbocycles. The number of rotatable bonds is 9. The zero-order chi connectivity index (χ0) is 17.5. The largest absolute Gasteiger partial charge is 0.494 e. The van der Waals surface area contributed by atoms with Crippen molar-refractivity contribution in [3.05, 3.63) is 47.9 Å². The molecule has 2 aromatic rings. The van der Waals surface area contributed by atoms with Crippen molar-refractivity contribution in [3.8, 4) is 17.1 Å². The van der Waals surface area contributed by atoms with Crippen molar-refractivity contribution < 1.29 is 9.13 Å². The molecule has 0 atom stereocenters. The Bertz CT molecular complexity index is 769. The van der Waals surface area contributed by atoms with Crippen molar-refractivity contribution in [2.45, 2.75) is 32.1 Å². The number of aromatic nitrogens is 2. The molecule has 0 aromatic carbocycles. The summed E-state index contributed by atoms with van der Waals surface area (Å²) in [5, 5.41) is 0. The third-order valence-electron chi connectivity index (χ3n) is 4.25. The van der Waals surface area contributed by atoms with E-state index in [4.69, 9.17) is 4.74 Å². The summed E-state index contributed by atoms with van der Waals surface area (Å²) in [6, 6.07) is 5.95. The van der Waals surface area contributed by atoms with Crippen LogP contribution in [0.5, 0.6) is 5.75 Å². The zero-order valence-corrected chi connectivity index (χ0v) is 14.5. The molecule has 2 aromatic heterocycles. The fourth-order valence-corrected chi connectivity index (χ4v) is 2.91. The number of hydrogen-bond donors (Lipinski definition) is 2. The molecule has 132 valence electrons. The van der Waals surface area contributed by atoms with Gasteiger partial charge in [0.25, 0.3) is 0 Å². The van der Waals surface area contributed by atoms with Crippen LogP contribution in [0.4, 0.5) is 4.39 Å². The number of alkyl halides is 1. The third-order valence-corrected chi connectivity index (χ3v) is 4.25. The lowest BCUT2D eigenvalue weighted by atomic mass is 10.1. The summed E-state index contributed by atoms with van der Waals surface area (Å²) in [6.45, 7) is -0.212. The first kappa shape index (κ1) is 17.3. The molecular formula is C20H24FN3O. The molecule has 0 spiro atoms. The summed E-state index contributed by atoms with van der Waals surface area (Å²) in [6.07, 6.45) is 12.6. The van der Waals surface area contributed by atoms with E-state index in [1.165, 1.54) is 0 Å². The van der Waals surface area contributed by atoms with Crippen LogP contribution in [0.25, 0.3) is 17.5 Å². The van der Waals surface area contributed by atoms with E-state index in [-0.39, 0.29) is 6.67 Å². The van der Waals surface area contributed by atoms with Crippen LogP contribution >= 0.6 is 0 Å². The first-order chi connectivity index (χ1) is 12.3. The molecule has 3 rings (SSSR count). The topological polar surface area (TPSA) is 53.2 Å². The number of H-pyrrole nitrogens is 2. The van der Waals surface area contributed by atoms with Crippen molar-refractivity contribution in [2.75, 3.05) is 13.8 Å². The van der Waals surface area contributed by atoms with Crippen LogP contribution in [-0.2, 0) is 0 Å². The predicted molar refractivity (Wildman–Crippen MR) is 101 cm³/mol. The quantitative estimate of drug-likeness (QED) is 0.598. The van der Waals surface area contributed by atoms with Gasteiger partial charge >= 0.3 is 0 Å². The zero-order valence-electron chi connectivity index (χ0n) is 14.5. The average molecular weight is 341 g/mol. The molecule has 0 radical (unpaired) electrons. The molecule has 0 saturated heterocycles. The van der Waals surface area contributed by atoms with Gasteiger partial charge in [0.05, 0.1) is 36.6 Å². The molecule has 0 aliphatic carbocycles. The molecule has 0 unspecified atom stereocenters. The van der Waals surface area contributed by atoms with Gasteiger partial charge in [-0.25, -0.2) is 0 Å². The van der Waals surface area contributed by atoms with Crippen molar-refractivity contribution in [1.29, 1.82) is 0 Å². The van der Waals surface area contributed by atoms with Crippen LogP contribution in [-0.4, -0.2) is 29.5 Å². The second-order valence-electron chi connectivity index (χ2n) is 6.11. The first-order valence-electron chi connectivity index (χ1n) is 8.74. The smallest absolute Gasteiger partial charge is 0.144 e. The van der Waals surface area contributed by atoms with E-state index >= 15 is 0 Å². The van der Waals surface area contributed by atoms with Crippen LogP contribution < -0.4 is 4.74 Å². The summed E-state index contributed by atoms with van der Waals surface area (Å²) in [5.74, 6) is 0.792. The predicted octanol–water partition coefficient (Wildman–Crippen LogP) is 5.29. The summed E-state index contributed by atoms with van der Waals surface area (Å²) in [7, 11) is 1.67. The fourth-order valence-electron chi connectivity index (χ4n) is 2.91. The van der Waals surface area contributed by atoms with Gasteiger partial charge in [-0.2, -0.15) is 0 Å². The number of hydrogen-bond acceptors (Lipinski definition) is 2. The van der Waals surface area contributed by atoms with E-state index in [9.17, 15) is 4.39 Å². The Kier molecular flexibility index (Phi) is 5.88. The van der Waals surface area contributed by atoms with Gasteiger partial charge in [-0.3, -0.25) is 9.38 Å². The lowest BCUT2D eigenvalue weighted by molar-refractivity contribution is 0.414. The monoisotopic (exact) mass is 341 g/mol. The molecule has 4 nitrogen and oxygen atoms in total. The summed E-state index contributed by atoms with van der Waals surface area (Å²) < 4.78 is 17.5. The van der Waals surface area contributed by atoms with Crippen LogP contribution in [0.1, 0.15) is 37.8 Å². The highest BCUT2D eigenvalue weighted by Crippen LogP contribution is 2.29. The number of unbranched alkanes of at least 4 members (excludes halogenated alkanes) is 3. The van der Waals surface area contributed by atoms with Gasteiger partial charge < -0.3 is 14.7 Å². The molecule has 5 heteroatoms. The lowest BCUT2D eigenvalue weighted by Crippen LogP contribution is -1.90.